The number of nitrogens with one attached hydrogen (secondary N) is 3. The fourth-order valence-electron chi connectivity index (χ4n) is 4.24. The molecule has 0 unspecified atom stereocenters. The summed E-state index contributed by atoms with van der Waals surface area (Å²) in [6, 6.07) is 22.2. The molecule has 4 rings (SSSR count). The first kappa shape index (κ1) is 22.6. The van der Waals surface area contributed by atoms with Crippen molar-refractivity contribution in [3.05, 3.63) is 84.1 Å². The van der Waals surface area contributed by atoms with Crippen LogP contribution in [-0.2, 0) is 0 Å². The summed E-state index contributed by atoms with van der Waals surface area (Å²) in [5.41, 5.74) is 2.12. The van der Waals surface area contributed by atoms with Gasteiger partial charge >= 0.3 is 6.03 Å². The maximum absolute atomic E-state index is 12.9. The van der Waals surface area contributed by atoms with E-state index in [2.05, 4.69) is 25.9 Å². The molecule has 1 aliphatic carbocycles. The zero-order valence-electron chi connectivity index (χ0n) is 19.2. The van der Waals surface area contributed by atoms with Crippen LogP contribution in [0.25, 0.3) is 0 Å². The summed E-state index contributed by atoms with van der Waals surface area (Å²) in [6.45, 7) is 0. The predicted octanol–water partition coefficient (Wildman–Crippen LogP) is 4.35. The lowest BCUT2D eigenvalue weighted by molar-refractivity contribution is 0.229. The third-order valence-corrected chi connectivity index (χ3v) is 6.04. The first-order valence-electron chi connectivity index (χ1n) is 11.5. The van der Waals surface area contributed by atoms with Gasteiger partial charge in [0, 0.05) is 32.4 Å². The van der Waals surface area contributed by atoms with Gasteiger partial charge in [0.05, 0.1) is 6.04 Å². The first-order chi connectivity index (χ1) is 16.1. The Hall–Kier alpha value is -3.61. The monoisotopic (exact) mass is 444 g/mol. The molecular weight excluding hydrogens is 412 g/mol. The summed E-state index contributed by atoms with van der Waals surface area (Å²) in [5.74, 6) is 1.54. The van der Waals surface area contributed by atoms with Gasteiger partial charge in [0.1, 0.15) is 5.82 Å². The van der Waals surface area contributed by atoms with Gasteiger partial charge in [0.15, 0.2) is 0 Å². The van der Waals surface area contributed by atoms with Crippen LogP contribution in [0.3, 0.4) is 0 Å². The molecule has 0 bridgehead atoms. The van der Waals surface area contributed by atoms with Crippen molar-refractivity contribution in [1.29, 1.82) is 0 Å². The number of urea groups is 1. The molecule has 1 aliphatic rings. The molecule has 0 aliphatic heterocycles. The summed E-state index contributed by atoms with van der Waals surface area (Å²) in [5, 5.41) is 9.80. The summed E-state index contributed by atoms with van der Waals surface area (Å²) in [7, 11) is 3.93. The minimum atomic E-state index is -0.188. The standard InChI is InChI=1S/C26H32N6O/c1-32(2)23-17-18-27-25(30-23)28-21-13-15-22(16-14-21)29-26(33)31-24(19-9-5-3-6-10-19)20-11-7-4-8-12-20/h3-12,17-18,21-22,24H,13-16H2,1-2H3,(H,27,28,30)(H2,29,31,33)/t21-,22+. The minimum absolute atomic E-state index is 0.133. The normalized spacial score (nSPS) is 17.9. The second kappa shape index (κ2) is 10.8. The van der Waals surface area contributed by atoms with E-state index < -0.39 is 0 Å². The van der Waals surface area contributed by atoms with Crippen LogP contribution in [0.4, 0.5) is 16.6 Å². The van der Waals surface area contributed by atoms with Crippen molar-refractivity contribution in [2.45, 2.75) is 43.8 Å². The molecular formula is C26H32N6O. The molecule has 7 heteroatoms. The van der Waals surface area contributed by atoms with E-state index >= 15 is 0 Å². The van der Waals surface area contributed by atoms with Crippen LogP contribution in [0.5, 0.6) is 0 Å². The Labute approximate surface area is 195 Å². The van der Waals surface area contributed by atoms with Gasteiger partial charge < -0.3 is 20.9 Å². The molecule has 1 aromatic heterocycles. The van der Waals surface area contributed by atoms with Crippen LogP contribution >= 0.6 is 0 Å². The van der Waals surface area contributed by atoms with Crippen LogP contribution in [0, 0.1) is 0 Å². The van der Waals surface area contributed by atoms with Crippen molar-refractivity contribution in [2.24, 2.45) is 0 Å². The van der Waals surface area contributed by atoms with E-state index in [1.807, 2.05) is 85.7 Å². The fraction of sp³-hybridized carbons (Fsp3) is 0.346. The van der Waals surface area contributed by atoms with Crippen LogP contribution in [0.1, 0.15) is 42.9 Å². The zero-order valence-corrected chi connectivity index (χ0v) is 19.2. The van der Waals surface area contributed by atoms with E-state index in [0.717, 1.165) is 42.6 Å². The molecule has 2 amide bonds. The van der Waals surface area contributed by atoms with Gasteiger partial charge in [-0.1, -0.05) is 60.7 Å². The minimum Gasteiger partial charge on any atom is -0.363 e. The summed E-state index contributed by atoms with van der Waals surface area (Å²) < 4.78 is 0. The quantitative estimate of drug-likeness (QED) is 0.505. The number of rotatable bonds is 7. The third-order valence-electron chi connectivity index (χ3n) is 6.04. The van der Waals surface area contributed by atoms with Gasteiger partial charge in [0.25, 0.3) is 0 Å². The molecule has 1 fully saturated rings. The predicted molar refractivity (Wildman–Crippen MR) is 132 cm³/mol. The number of nitrogens with zero attached hydrogens (tertiary/aromatic N) is 3. The summed E-state index contributed by atoms with van der Waals surface area (Å²) >= 11 is 0. The van der Waals surface area contributed by atoms with E-state index in [4.69, 9.17) is 0 Å². The van der Waals surface area contributed by atoms with Gasteiger partial charge in [-0.15, -0.1) is 0 Å². The Morgan fingerprint density at radius 2 is 1.45 bits per heavy atom. The van der Waals surface area contributed by atoms with Crippen LogP contribution < -0.4 is 20.9 Å². The van der Waals surface area contributed by atoms with E-state index in [1.165, 1.54) is 0 Å². The molecule has 33 heavy (non-hydrogen) atoms. The average Bonchev–Trinajstić information content (AvgIpc) is 2.85. The van der Waals surface area contributed by atoms with Gasteiger partial charge in [0.2, 0.25) is 5.95 Å². The lowest BCUT2D eigenvalue weighted by atomic mass is 9.91. The molecule has 0 atom stereocenters. The first-order valence-corrected chi connectivity index (χ1v) is 11.5. The highest BCUT2D eigenvalue weighted by Crippen LogP contribution is 2.24. The Bertz CT molecular complexity index is 980. The van der Waals surface area contributed by atoms with Crippen molar-refractivity contribution in [3.63, 3.8) is 0 Å². The Kier molecular flexibility index (Phi) is 7.40. The molecule has 7 nitrogen and oxygen atoms in total. The van der Waals surface area contributed by atoms with Crippen molar-refractivity contribution in [2.75, 3.05) is 24.3 Å². The highest BCUT2D eigenvalue weighted by atomic mass is 16.2. The molecule has 172 valence electrons. The van der Waals surface area contributed by atoms with Gasteiger partial charge in [-0.3, -0.25) is 0 Å². The van der Waals surface area contributed by atoms with Crippen molar-refractivity contribution >= 4 is 17.8 Å². The smallest absolute Gasteiger partial charge is 0.315 e. The molecule has 0 spiro atoms. The second-order valence-electron chi connectivity index (χ2n) is 8.70. The van der Waals surface area contributed by atoms with Crippen LogP contribution in [-0.4, -0.2) is 42.2 Å². The highest BCUT2D eigenvalue weighted by molar-refractivity contribution is 5.75. The Morgan fingerprint density at radius 3 is 2.03 bits per heavy atom. The fourth-order valence-corrected chi connectivity index (χ4v) is 4.24. The topological polar surface area (TPSA) is 82.2 Å². The summed E-state index contributed by atoms with van der Waals surface area (Å²) in [4.78, 5) is 23.7. The number of amides is 2. The van der Waals surface area contributed by atoms with Crippen molar-refractivity contribution in [1.82, 2.24) is 20.6 Å². The maximum atomic E-state index is 12.9. The number of aromatic nitrogens is 2. The molecule has 2 aromatic carbocycles. The van der Waals surface area contributed by atoms with Gasteiger partial charge in [-0.05, 0) is 42.9 Å². The van der Waals surface area contributed by atoms with Gasteiger partial charge in [-0.25, -0.2) is 9.78 Å². The van der Waals surface area contributed by atoms with Gasteiger partial charge in [-0.2, -0.15) is 4.98 Å². The largest absolute Gasteiger partial charge is 0.363 e. The molecule has 3 N–H and O–H groups in total. The number of anilines is 2. The average molecular weight is 445 g/mol. The molecule has 0 radical (unpaired) electrons. The SMILES string of the molecule is CN(C)c1ccnc(N[C@H]2CC[C@@H](NC(=O)NC(c3ccccc3)c3ccccc3)CC2)n1. The number of carbonyl (C=O) groups is 1. The number of hydrogen-bond donors (Lipinski definition) is 3. The van der Waals surface area contributed by atoms with E-state index in [9.17, 15) is 4.79 Å². The molecule has 0 saturated heterocycles. The lowest BCUT2D eigenvalue weighted by Crippen LogP contribution is -2.46. The number of hydrogen-bond acceptors (Lipinski definition) is 5. The number of carbonyl (C=O) groups excluding carboxylic acids is 1. The molecule has 1 saturated carbocycles. The van der Waals surface area contributed by atoms with E-state index in [0.29, 0.717) is 12.0 Å². The maximum Gasteiger partial charge on any atom is 0.315 e. The third kappa shape index (κ3) is 6.22. The van der Waals surface area contributed by atoms with E-state index in [1.54, 1.807) is 6.20 Å². The zero-order chi connectivity index (χ0) is 23.0. The van der Waals surface area contributed by atoms with E-state index in [-0.39, 0.29) is 18.1 Å². The number of benzene rings is 2. The van der Waals surface area contributed by atoms with Crippen LogP contribution in [0.2, 0.25) is 0 Å². The van der Waals surface area contributed by atoms with Crippen molar-refractivity contribution < 1.29 is 4.79 Å². The summed E-state index contributed by atoms with van der Waals surface area (Å²) in [6.07, 6.45) is 5.53. The van der Waals surface area contributed by atoms with Crippen molar-refractivity contribution in [3.8, 4) is 0 Å². The molecule has 1 heterocycles. The lowest BCUT2D eigenvalue weighted by Gasteiger charge is -2.30. The second-order valence-corrected chi connectivity index (χ2v) is 8.70. The Balaban J connectivity index is 1.31. The highest BCUT2D eigenvalue weighted by Gasteiger charge is 2.24. The molecule has 3 aromatic rings. The van der Waals surface area contributed by atoms with Crippen LogP contribution in [0.15, 0.2) is 72.9 Å². The Morgan fingerprint density at radius 1 is 0.879 bits per heavy atom.